The lowest BCUT2D eigenvalue weighted by atomic mass is 9.70. The molecule has 3 atom stereocenters. The minimum Gasteiger partial charge on any atom is -0.325 e. The number of piperidine rings is 2. The summed E-state index contributed by atoms with van der Waals surface area (Å²) in [5, 5.41) is 0. The third kappa shape index (κ3) is 3.81. The topological polar surface area (TPSA) is 24.3 Å². The molecule has 4 heteroatoms. The molecule has 174 valence electrons. The fraction of sp³-hybridized carbons (Fsp3) is 0.552. The van der Waals surface area contributed by atoms with Crippen LogP contribution < -0.4 is 0 Å². The van der Waals surface area contributed by atoms with Gasteiger partial charge in [-0.2, -0.15) is 0 Å². The molecule has 0 aliphatic carbocycles. The zero-order valence-electron chi connectivity index (χ0n) is 20.3. The van der Waals surface area contributed by atoms with Gasteiger partial charge in [-0.25, -0.2) is 4.98 Å². The molecule has 0 spiro atoms. The molecule has 3 saturated heterocycles. The maximum Gasteiger partial charge on any atom is 0.106 e. The average molecular weight is 443 g/mol. The molecular weight excluding hydrogens is 404 g/mol. The molecule has 2 aromatic carbocycles. The van der Waals surface area contributed by atoms with Crippen molar-refractivity contribution in [1.29, 1.82) is 0 Å². The van der Waals surface area contributed by atoms with Gasteiger partial charge in [-0.3, -0.25) is 4.90 Å². The largest absolute Gasteiger partial charge is 0.325 e. The van der Waals surface area contributed by atoms with E-state index in [4.69, 9.17) is 4.98 Å². The molecule has 3 aliphatic heterocycles. The molecule has 1 aromatic heterocycles. The minimum absolute atomic E-state index is 0.348. The first-order valence-electron chi connectivity index (χ1n) is 13.1. The van der Waals surface area contributed by atoms with Crippen LogP contribution in [0.15, 0.2) is 54.6 Å². The molecule has 0 N–H and O–H groups in total. The second-order valence-electron chi connectivity index (χ2n) is 11.0. The van der Waals surface area contributed by atoms with E-state index in [0.717, 1.165) is 17.6 Å². The SMILES string of the molecule is Cc1nc2ccccc2n1C1C[C@H]2CC[C@@H](C1)N2CCC1(c2ccccc2)CCN(C)CC1. The van der Waals surface area contributed by atoms with Crippen LogP contribution in [0.5, 0.6) is 0 Å². The summed E-state index contributed by atoms with van der Waals surface area (Å²) in [6, 6.07) is 22.2. The molecule has 3 fully saturated rings. The highest BCUT2D eigenvalue weighted by Gasteiger charge is 2.43. The van der Waals surface area contributed by atoms with Gasteiger partial charge in [0.05, 0.1) is 11.0 Å². The summed E-state index contributed by atoms with van der Waals surface area (Å²) in [4.78, 5) is 10.3. The first-order chi connectivity index (χ1) is 16.1. The van der Waals surface area contributed by atoms with Gasteiger partial charge in [0.2, 0.25) is 0 Å². The van der Waals surface area contributed by atoms with Crippen LogP contribution >= 0.6 is 0 Å². The number of hydrogen-bond donors (Lipinski definition) is 0. The highest BCUT2D eigenvalue weighted by Crippen LogP contribution is 2.44. The van der Waals surface area contributed by atoms with Crippen LogP contribution in [0.1, 0.15) is 62.4 Å². The number of benzene rings is 2. The number of imidazole rings is 1. The second-order valence-corrected chi connectivity index (χ2v) is 11.0. The van der Waals surface area contributed by atoms with E-state index in [2.05, 4.69) is 82.9 Å². The summed E-state index contributed by atoms with van der Waals surface area (Å²) in [7, 11) is 2.28. The Morgan fingerprint density at radius 2 is 1.55 bits per heavy atom. The summed E-state index contributed by atoms with van der Waals surface area (Å²) >= 11 is 0. The Morgan fingerprint density at radius 1 is 0.879 bits per heavy atom. The van der Waals surface area contributed by atoms with Gasteiger partial charge in [0.15, 0.2) is 0 Å². The van der Waals surface area contributed by atoms with E-state index in [0.29, 0.717) is 11.5 Å². The smallest absolute Gasteiger partial charge is 0.106 e. The number of fused-ring (bicyclic) bond motifs is 3. The van der Waals surface area contributed by atoms with Crippen molar-refractivity contribution in [2.24, 2.45) is 0 Å². The second kappa shape index (κ2) is 8.56. The van der Waals surface area contributed by atoms with Crippen LogP contribution in [0.25, 0.3) is 11.0 Å². The molecule has 3 aromatic rings. The number of nitrogens with zero attached hydrogens (tertiary/aromatic N) is 4. The van der Waals surface area contributed by atoms with Crippen molar-refractivity contribution in [2.75, 3.05) is 26.7 Å². The highest BCUT2D eigenvalue weighted by atomic mass is 15.2. The summed E-state index contributed by atoms with van der Waals surface area (Å²) in [5.41, 5.74) is 4.39. The summed E-state index contributed by atoms with van der Waals surface area (Å²) in [6.45, 7) is 5.88. The molecule has 4 nitrogen and oxygen atoms in total. The van der Waals surface area contributed by atoms with E-state index >= 15 is 0 Å². The van der Waals surface area contributed by atoms with Crippen LogP contribution in [0, 0.1) is 6.92 Å². The molecule has 6 rings (SSSR count). The lowest BCUT2D eigenvalue weighted by Gasteiger charge is -2.45. The summed E-state index contributed by atoms with van der Waals surface area (Å²) in [6.07, 6.45) is 9.17. The zero-order valence-corrected chi connectivity index (χ0v) is 20.3. The van der Waals surface area contributed by atoms with Crippen molar-refractivity contribution >= 4 is 11.0 Å². The molecule has 4 heterocycles. The van der Waals surface area contributed by atoms with Gasteiger partial charge in [-0.05, 0) is 102 Å². The van der Waals surface area contributed by atoms with Gasteiger partial charge < -0.3 is 9.47 Å². The molecule has 33 heavy (non-hydrogen) atoms. The van der Waals surface area contributed by atoms with Gasteiger partial charge in [0.1, 0.15) is 5.82 Å². The van der Waals surface area contributed by atoms with Crippen LogP contribution in [-0.2, 0) is 5.41 Å². The zero-order chi connectivity index (χ0) is 22.4. The Bertz CT molecular complexity index is 1080. The van der Waals surface area contributed by atoms with Crippen molar-refractivity contribution in [3.05, 3.63) is 66.0 Å². The fourth-order valence-corrected chi connectivity index (χ4v) is 7.31. The van der Waals surface area contributed by atoms with Gasteiger partial charge in [-0.1, -0.05) is 42.5 Å². The molecule has 1 unspecified atom stereocenters. The number of hydrogen-bond acceptors (Lipinski definition) is 3. The fourth-order valence-electron chi connectivity index (χ4n) is 7.31. The summed E-state index contributed by atoms with van der Waals surface area (Å²) in [5.74, 6) is 1.18. The van der Waals surface area contributed by atoms with Crippen LogP contribution in [0.4, 0.5) is 0 Å². The van der Waals surface area contributed by atoms with Gasteiger partial charge in [0.25, 0.3) is 0 Å². The molecule has 3 aliphatic rings. The van der Waals surface area contributed by atoms with E-state index in [1.54, 1.807) is 5.56 Å². The van der Waals surface area contributed by atoms with Gasteiger partial charge >= 0.3 is 0 Å². The first kappa shape index (κ1) is 21.4. The van der Waals surface area contributed by atoms with Crippen LogP contribution in [0.3, 0.4) is 0 Å². The molecule has 2 bridgehead atoms. The molecule has 0 radical (unpaired) electrons. The predicted molar refractivity (Wildman–Crippen MR) is 136 cm³/mol. The van der Waals surface area contributed by atoms with Crippen molar-refractivity contribution < 1.29 is 0 Å². The minimum atomic E-state index is 0.348. The number of rotatable bonds is 5. The van der Waals surface area contributed by atoms with Gasteiger partial charge in [-0.15, -0.1) is 0 Å². The van der Waals surface area contributed by atoms with E-state index in [1.165, 1.54) is 75.9 Å². The molecule has 0 saturated carbocycles. The lowest BCUT2D eigenvalue weighted by molar-refractivity contribution is 0.0857. The third-order valence-electron chi connectivity index (χ3n) is 9.18. The third-order valence-corrected chi connectivity index (χ3v) is 9.18. The predicted octanol–water partition coefficient (Wildman–Crippen LogP) is 5.57. The number of para-hydroxylation sites is 2. The van der Waals surface area contributed by atoms with Crippen LogP contribution in [-0.4, -0.2) is 58.1 Å². The van der Waals surface area contributed by atoms with Crippen LogP contribution in [0.2, 0.25) is 0 Å². The van der Waals surface area contributed by atoms with E-state index < -0.39 is 0 Å². The Balaban J connectivity index is 1.20. The quantitative estimate of drug-likeness (QED) is 0.516. The Morgan fingerprint density at radius 3 is 2.27 bits per heavy atom. The van der Waals surface area contributed by atoms with Gasteiger partial charge in [0, 0.05) is 18.1 Å². The first-order valence-corrected chi connectivity index (χ1v) is 13.1. The molecule has 0 amide bonds. The van der Waals surface area contributed by atoms with Crippen molar-refractivity contribution in [3.8, 4) is 0 Å². The standard InChI is InChI=1S/C29H38N4/c1-22-30-27-10-6-7-11-28(27)33(22)26-20-24-12-13-25(21-26)32(24)19-16-29(14-17-31(2)18-15-29)23-8-4-3-5-9-23/h3-11,24-26H,12-21H2,1-2H3/t24-,25+,26?. The van der Waals surface area contributed by atoms with E-state index in [1.807, 2.05) is 0 Å². The Kier molecular flexibility index (Phi) is 5.54. The monoisotopic (exact) mass is 442 g/mol. The Hall–Kier alpha value is -2.17. The number of aryl methyl sites for hydroxylation is 1. The average Bonchev–Trinajstić information content (AvgIpc) is 3.30. The van der Waals surface area contributed by atoms with Crippen molar-refractivity contribution in [2.45, 2.75) is 75.4 Å². The maximum atomic E-state index is 4.87. The number of likely N-dealkylation sites (tertiary alicyclic amines) is 1. The Labute approximate surface area is 198 Å². The van der Waals surface area contributed by atoms with Crippen molar-refractivity contribution in [3.63, 3.8) is 0 Å². The number of aromatic nitrogens is 2. The van der Waals surface area contributed by atoms with E-state index in [9.17, 15) is 0 Å². The van der Waals surface area contributed by atoms with Crippen molar-refractivity contribution in [1.82, 2.24) is 19.4 Å². The van der Waals surface area contributed by atoms with E-state index in [-0.39, 0.29) is 0 Å². The maximum absolute atomic E-state index is 4.87. The normalized spacial score (nSPS) is 27.9. The highest BCUT2D eigenvalue weighted by molar-refractivity contribution is 5.76. The lowest BCUT2D eigenvalue weighted by Crippen LogP contribution is -2.47. The summed E-state index contributed by atoms with van der Waals surface area (Å²) < 4.78 is 2.56. The molecular formula is C29H38N4.